The van der Waals surface area contributed by atoms with E-state index in [4.69, 9.17) is 26.8 Å². The molecule has 186 valence electrons. The van der Waals surface area contributed by atoms with Crippen LogP contribution in [0.25, 0.3) is 16.9 Å². The molecule has 0 atom stereocenters. The van der Waals surface area contributed by atoms with Gasteiger partial charge in [0.2, 0.25) is 6.79 Å². The number of rotatable bonds is 5. The molecule has 0 radical (unpaired) electrons. The van der Waals surface area contributed by atoms with E-state index in [1.54, 1.807) is 29.9 Å². The number of fused-ring (bicyclic) bond motifs is 4. The van der Waals surface area contributed by atoms with Gasteiger partial charge in [0.1, 0.15) is 11.5 Å². The van der Waals surface area contributed by atoms with Gasteiger partial charge in [0.25, 0.3) is 11.8 Å². The number of nitrogens with zero attached hydrogens (tertiary/aromatic N) is 3. The molecule has 6 rings (SSSR count). The van der Waals surface area contributed by atoms with Gasteiger partial charge < -0.3 is 25.8 Å². The van der Waals surface area contributed by atoms with Crippen molar-refractivity contribution in [3.8, 4) is 28.4 Å². The summed E-state index contributed by atoms with van der Waals surface area (Å²) in [5.74, 6) is 0.706. The molecule has 0 saturated heterocycles. The summed E-state index contributed by atoms with van der Waals surface area (Å²) in [6.45, 7) is 0.143. The molecule has 0 unspecified atom stereocenters. The smallest absolute Gasteiger partial charge is 0.275 e. The van der Waals surface area contributed by atoms with Crippen LogP contribution in [0.15, 0.2) is 48.5 Å². The Balaban J connectivity index is 1.43. The summed E-state index contributed by atoms with van der Waals surface area (Å²) in [6.07, 6.45) is 1.30. The van der Waals surface area contributed by atoms with Gasteiger partial charge in [-0.05, 0) is 54.8 Å². The summed E-state index contributed by atoms with van der Waals surface area (Å²) in [5, 5.41) is 10.6. The van der Waals surface area contributed by atoms with E-state index in [1.165, 1.54) is 0 Å². The Labute approximate surface area is 216 Å². The lowest BCUT2D eigenvalue weighted by Gasteiger charge is -2.20. The number of aryl methyl sites for hydroxylation is 1. The standard InChI is InChI=1S/C26H21ClN6O4/c1-29-21-9-7-18(27)23(31-21)26(35)30-14-4-2-13-3-6-16-22(25(28)34)32-33(24(16)17(13)10-14)15-5-8-19-20(11-15)37-12-36-19/h2,4-5,7-11H,3,6,12H2,1H3,(H2,28,34)(H,29,31)(H,30,35). The minimum Gasteiger partial charge on any atom is -0.454 e. The van der Waals surface area contributed by atoms with E-state index in [-0.39, 0.29) is 23.2 Å². The summed E-state index contributed by atoms with van der Waals surface area (Å²) in [5.41, 5.74) is 10.6. The Morgan fingerprint density at radius 3 is 2.68 bits per heavy atom. The van der Waals surface area contributed by atoms with Crippen LogP contribution in [0.5, 0.6) is 11.5 Å². The van der Waals surface area contributed by atoms with Crippen LogP contribution in [-0.2, 0) is 12.8 Å². The van der Waals surface area contributed by atoms with Crippen molar-refractivity contribution in [2.45, 2.75) is 12.8 Å². The Bertz CT molecular complexity index is 1600. The van der Waals surface area contributed by atoms with E-state index < -0.39 is 11.8 Å². The molecule has 4 aromatic rings. The number of anilines is 2. The first-order valence-electron chi connectivity index (χ1n) is 11.5. The van der Waals surface area contributed by atoms with Crippen molar-refractivity contribution < 1.29 is 19.1 Å². The number of pyridine rings is 1. The minimum absolute atomic E-state index is 0.105. The second kappa shape index (κ2) is 8.82. The number of carbonyl (C=O) groups is 2. The van der Waals surface area contributed by atoms with E-state index >= 15 is 0 Å². The van der Waals surface area contributed by atoms with Crippen molar-refractivity contribution in [1.82, 2.24) is 14.8 Å². The molecule has 0 bridgehead atoms. The lowest BCUT2D eigenvalue weighted by atomic mass is 9.88. The molecule has 2 aliphatic rings. The molecule has 0 saturated carbocycles. The molecular weight excluding hydrogens is 496 g/mol. The van der Waals surface area contributed by atoms with Gasteiger partial charge in [0, 0.05) is 29.9 Å². The first kappa shape index (κ1) is 22.9. The van der Waals surface area contributed by atoms with Crippen molar-refractivity contribution in [3.63, 3.8) is 0 Å². The van der Waals surface area contributed by atoms with Crippen molar-refractivity contribution in [2.75, 3.05) is 24.5 Å². The molecule has 2 amide bonds. The molecule has 10 nitrogen and oxygen atoms in total. The average Bonchev–Trinajstić information content (AvgIpc) is 3.53. The zero-order valence-corrected chi connectivity index (χ0v) is 20.4. The molecule has 0 fully saturated rings. The molecule has 4 N–H and O–H groups in total. The fraction of sp³-hybridized carbons (Fsp3) is 0.154. The normalized spacial score (nSPS) is 13.0. The molecule has 0 spiro atoms. The summed E-state index contributed by atoms with van der Waals surface area (Å²) >= 11 is 6.23. The second-order valence-electron chi connectivity index (χ2n) is 8.59. The Kier molecular flexibility index (Phi) is 5.45. The van der Waals surface area contributed by atoms with Gasteiger partial charge >= 0.3 is 0 Å². The number of nitrogens with two attached hydrogens (primary N) is 1. The van der Waals surface area contributed by atoms with Crippen LogP contribution in [0.3, 0.4) is 0 Å². The summed E-state index contributed by atoms with van der Waals surface area (Å²) in [4.78, 5) is 29.6. The third-order valence-electron chi connectivity index (χ3n) is 6.40. The van der Waals surface area contributed by atoms with E-state index in [1.807, 2.05) is 30.3 Å². The highest BCUT2D eigenvalue weighted by atomic mass is 35.5. The molecule has 37 heavy (non-hydrogen) atoms. The maximum atomic E-state index is 13.0. The number of carbonyl (C=O) groups excluding carboxylic acids is 2. The highest BCUT2D eigenvalue weighted by Gasteiger charge is 2.29. The molecule has 2 aromatic carbocycles. The van der Waals surface area contributed by atoms with E-state index in [0.29, 0.717) is 41.5 Å². The maximum Gasteiger partial charge on any atom is 0.275 e. The van der Waals surface area contributed by atoms with Crippen LogP contribution in [-0.4, -0.2) is 40.4 Å². The fourth-order valence-corrected chi connectivity index (χ4v) is 4.84. The highest BCUT2D eigenvalue weighted by Crippen LogP contribution is 2.40. The van der Waals surface area contributed by atoms with Crippen LogP contribution in [0.2, 0.25) is 5.02 Å². The average molecular weight is 517 g/mol. The Morgan fingerprint density at radius 1 is 1.03 bits per heavy atom. The van der Waals surface area contributed by atoms with Crippen LogP contribution in [0, 0.1) is 0 Å². The van der Waals surface area contributed by atoms with Gasteiger partial charge in [-0.25, -0.2) is 9.67 Å². The summed E-state index contributed by atoms with van der Waals surface area (Å²) in [6, 6.07) is 14.4. The number of amides is 2. The summed E-state index contributed by atoms with van der Waals surface area (Å²) < 4.78 is 12.7. The monoisotopic (exact) mass is 516 g/mol. The Morgan fingerprint density at radius 2 is 1.86 bits per heavy atom. The third kappa shape index (κ3) is 3.91. The van der Waals surface area contributed by atoms with Crippen LogP contribution in [0.1, 0.15) is 32.1 Å². The van der Waals surface area contributed by atoms with Crippen molar-refractivity contribution in [1.29, 1.82) is 0 Å². The summed E-state index contributed by atoms with van der Waals surface area (Å²) in [7, 11) is 1.71. The zero-order chi connectivity index (χ0) is 25.7. The third-order valence-corrected chi connectivity index (χ3v) is 6.71. The van der Waals surface area contributed by atoms with E-state index in [0.717, 1.165) is 22.4 Å². The molecule has 3 heterocycles. The predicted molar refractivity (Wildman–Crippen MR) is 138 cm³/mol. The van der Waals surface area contributed by atoms with Gasteiger partial charge in [0.15, 0.2) is 17.2 Å². The molecule has 1 aliphatic carbocycles. The number of hydrogen-bond donors (Lipinski definition) is 3. The number of aromatic nitrogens is 3. The van der Waals surface area contributed by atoms with Gasteiger partial charge in [-0.2, -0.15) is 5.10 Å². The van der Waals surface area contributed by atoms with Gasteiger partial charge in [-0.3, -0.25) is 9.59 Å². The van der Waals surface area contributed by atoms with E-state index in [9.17, 15) is 9.59 Å². The fourth-order valence-electron chi connectivity index (χ4n) is 4.65. The quantitative estimate of drug-likeness (QED) is 0.367. The molecule has 11 heteroatoms. The number of ether oxygens (including phenoxy) is 2. The van der Waals surface area contributed by atoms with Crippen LogP contribution in [0.4, 0.5) is 11.5 Å². The van der Waals surface area contributed by atoms with Crippen molar-refractivity contribution in [2.24, 2.45) is 5.73 Å². The van der Waals surface area contributed by atoms with Gasteiger partial charge in [-0.1, -0.05) is 17.7 Å². The first-order chi connectivity index (χ1) is 17.9. The highest BCUT2D eigenvalue weighted by molar-refractivity contribution is 6.34. The van der Waals surface area contributed by atoms with E-state index in [2.05, 4.69) is 20.7 Å². The molecule has 2 aromatic heterocycles. The lowest BCUT2D eigenvalue weighted by molar-refractivity contribution is 0.0991. The first-order valence-corrected chi connectivity index (χ1v) is 11.9. The van der Waals surface area contributed by atoms with Crippen molar-refractivity contribution >= 4 is 34.9 Å². The number of nitrogens with one attached hydrogen (secondary N) is 2. The molecule has 1 aliphatic heterocycles. The zero-order valence-electron chi connectivity index (χ0n) is 19.7. The van der Waals surface area contributed by atoms with Crippen molar-refractivity contribution in [3.05, 3.63) is 76.1 Å². The number of primary amides is 1. The predicted octanol–water partition coefficient (Wildman–Crippen LogP) is 3.81. The minimum atomic E-state index is -0.603. The van der Waals surface area contributed by atoms with Crippen LogP contribution >= 0.6 is 11.6 Å². The molecular formula is C26H21ClN6O4. The lowest BCUT2D eigenvalue weighted by Crippen LogP contribution is -2.16. The Hall–Kier alpha value is -4.57. The van der Waals surface area contributed by atoms with Crippen LogP contribution < -0.4 is 25.8 Å². The number of benzene rings is 2. The number of hydrogen-bond acceptors (Lipinski definition) is 7. The van der Waals surface area contributed by atoms with Gasteiger partial charge in [-0.15, -0.1) is 0 Å². The number of halogens is 1. The largest absolute Gasteiger partial charge is 0.454 e. The van der Waals surface area contributed by atoms with Gasteiger partial charge in [0.05, 0.1) is 16.4 Å². The maximum absolute atomic E-state index is 13.0. The SMILES string of the molecule is CNc1ccc(Cl)c(C(=O)Nc2ccc3c(c2)-c2c(c(C(N)=O)nn2-c2ccc4c(c2)OCO4)CC3)n1. The second-order valence-corrected chi connectivity index (χ2v) is 9.00. The topological polar surface area (TPSA) is 133 Å².